The van der Waals surface area contributed by atoms with Crippen LogP contribution in [0.5, 0.6) is 11.5 Å². The lowest BCUT2D eigenvalue weighted by molar-refractivity contribution is 0.0947. The van der Waals surface area contributed by atoms with Gasteiger partial charge in [0.15, 0.2) is 0 Å². The van der Waals surface area contributed by atoms with E-state index in [1.807, 2.05) is 31.2 Å². The first-order chi connectivity index (χ1) is 16.2. The average molecular weight is 503 g/mol. The summed E-state index contributed by atoms with van der Waals surface area (Å²) in [5.74, 6) is 0.979. The Bertz CT molecular complexity index is 1250. The van der Waals surface area contributed by atoms with Crippen LogP contribution in [0.4, 0.5) is 5.69 Å². The van der Waals surface area contributed by atoms with Gasteiger partial charge in [-0.2, -0.15) is 0 Å². The normalized spacial score (nSPS) is 11.1. The molecule has 34 heavy (non-hydrogen) atoms. The second kappa shape index (κ2) is 11.3. The van der Waals surface area contributed by atoms with Crippen molar-refractivity contribution in [1.29, 1.82) is 0 Å². The van der Waals surface area contributed by atoms with E-state index >= 15 is 0 Å². The summed E-state index contributed by atoms with van der Waals surface area (Å²) in [5.41, 5.74) is 2.71. The van der Waals surface area contributed by atoms with Crippen LogP contribution in [-0.4, -0.2) is 40.8 Å². The number of sulfonamides is 1. The van der Waals surface area contributed by atoms with Crippen LogP contribution in [-0.2, 0) is 16.6 Å². The molecule has 0 aromatic heterocycles. The van der Waals surface area contributed by atoms with Gasteiger partial charge in [-0.05, 0) is 60.5 Å². The quantitative estimate of drug-likeness (QED) is 0.414. The first-order valence-corrected chi connectivity index (χ1v) is 12.8. The van der Waals surface area contributed by atoms with Gasteiger partial charge in [-0.1, -0.05) is 35.9 Å². The Hall–Kier alpha value is -3.23. The van der Waals surface area contributed by atoms with E-state index in [0.717, 1.165) is 23.1 Å². The van der Waals surface area contributed by atoms with Crippen molar-refractivity contribution in [3.63, 3.8) is 0 Å². The number of ether oxygens (including phenoxy) is 2. The minimum absolute atomic E-state index is 0.0910. The summed E-state index contributed by atoms with van der Waals surface area (Å²) in [4.78, 5) is 12.4. The number of rotatable bonds is 10. The molecule has 7 nitrogen and oxygen atoms in total. The molecule has 0 saturated carbocycles. The largest absolute Gasteiger partial charge is 0.495 e. The summed E-state index contributed by atoms with van der Waals surface area (Å²) in [6.07, 6.45) is 1.13. The van der Waals surface area contributed by atoms with Crippen molar-refractivity contribution >= 4 is 33.2 Å². The molecule has 180 valence electrons. The average Bonchev–Trinajstić information content (AvgIpc) is 2.80. The van der Waals surface area contributed by atoms with Crippen molar-refractivity contribution in [2.75, 3.05) is 30.8 Å². The molecule has 3 aromatic rings. The molecule has 9 heteroatoms. The number of nitrogens with one attached hydrogen (secondary N) is 1. The van der Waals surface area contributed by atoms with Gasteiger partial charge in [-0.25, -0.2) is 8.42 Å². The topological polar surface area (TPSA) is 84.9 Å². The Morgan fingerprint density at radius 1 is 1.06 bits per heavy atom. The number of methoxy groups -OCH3 is 1. The number of hydrogen-bond donors (Lipinski definition) is 1. The van der Waals surface area contributed by atoms with Crippen molar-refractivity contribution in [3.8, 4) is 11.5 Å². The fourth-order valence-corrected chi connectivity index (χ4v) is 4.41. The molecule has 3 aromatic carbocycles. The number of carbonyl (C=O) groups is 1. The molecule has 1 amide bonds. The molecule has 0 atom stereocenters. The predicted molar refractivity (Wildman–Crippen MR) is 134 cm³/mol. The number of amides is 1. The highest BCUT2D eigenvalue weighted by Crippen LogP contribution is 2.31. The highest BCUT2D eigenvalue weighted by molar-refractivity contribution is 7.92. The van der Waals surface area contributed by atoms with Crippen molar-refractivity contribution in [2.45, 2.75) is 13.5 Å². The second-order valence-electron chi connectivity index (χ2n) is 7.71. The molecule has 0 aliphatic heterocycles. The third-order valence-electron chi connectivity index (χ3n) is 5.01. The van der Waals surface area contributed by atoms with Crippen LogP contribution in [0.25, 0.3) is 0 Å². The van der Waals surface area contributed by atoms with Gasteiger partial charge in [0.25, 0.3) is 5.91 Å². The molecule has 0 unspecified atom stereocenters. The molecule has 0 bridgehead atoms. The second-order valence-corrected chi connectivity index (χ2v) is 10.0. The van der Waals surface area contributed by atoms with Crippen LogP contribution < -0.4 is 19.1 Å². The lowest BCUT2D eigenvalue weighted by Crippen LogP contribution is -2.29. The van der Waals surface area contributed by atoms with Crippen molar-refractivity contribution in [2.24, 2.45) is 0 Å². The summed E-state index contributed by atoms with van der Waals surface area (Å²) < 4.78 is 36.9. The van der Waals surface area contributed by atoms with E-state index in [0.29, 0.717) is 35.2 Å². The van der Waals surface area contributed by atoms with Gasteiger partial charge in [0.1, 0.15) is 18.1 Å². The zero-order valence-corrected chi connectivity index (χ0v) is 20.8. The molecular weight excluding hydrogens is 476 g/mol. The van der Waals surface area contributed by atoms with E-state index in [1.165, 1.54) is 11.4 Å². The standard InChI is InChI=1S/C25H27ClN2O5S/c1-18-5-4-6-22(15-18)33-14-13-27-25(29)20-9-7-19(8-10-20)17-28(34(3,30)31)21-11-12-24(32-2)23(26)16-21/h4-12,15-16H,13-14,17H2,1-3H3,(H,27,29). The third-order valence-corrected chi connectivity index (χ3v) is 6.45. The summed E-state index contributed by atoms with van der Waals surface area (Å²) in [5, 5.41) is 3.13. The van der Waals surface area contributed by atoms with E-state index in [1.54, 1.807) is 42.5 Å². The fraction of sp³-hybridized carbons (Fsp3) is 0.240. The zero-order valence-electron chi connectivity index (χ0n) is 19.2. The zero-order chi connectivity index (χ0) is 24.7. The number of halogens is 1. The predicted octanol–water partition coefficient (Wildman–Crippen LogP) is 4.43. The lowest BCUT2D eigenvalue weighted by atomic mass is 10.1. The van der Waals surface area contributed by atoms with Crippen LogP contribution >= 0.6 is 11.6 Å². The highest BCUT2D eigenvalue weighted by atomic mass is 35.5. The summed E-state index contributed by atoms with van der Waals surface area (Å²) in [6.45, 7) is 2.78. The summed E-state index contributed by atoms with van der Waals surface area (Å²) in [7, 11) is -2.09. The van der Waals surface area contributed by atoms with Crippen molar-refractivity contribution in [1.82, 2.24) is 5.32 Å². The van der Waals surface area contributed by atoms with Crippen LogP contribution in [0, 0.1) is 6.92 Å². The van der Waals surface area contributed by atoms with Crippen LogP contribution in [0.1, 0.15) is 21.5 Å². The highest BCUT2D eigenvalue weighted by Gasteiger charge is 2.19. The molecule has 0 aliphatic rings. The van der Waals surface area contributed by atoms with Gasteiger partial charge in [0.05, 0.1) is 37.2 Å². The Morgan fingerprint density at radius 2 is 1.79 bits per heavy atom. The number of carbonyl (C=O) groups excluding carboxylic acids is 1. The van der Waals surface area contributed by atoms with Crippen molar-refractivity contribution in [3.05, 3.63) is 88.4 Å². The van der Waals surface area contributed by atoms with E-state index in [2.05, 4.69) is 5.32 Å². The van der Waals surface area contributed by atoms with E-state index in [4.69, 9.17) is 21.1 Å². The molecule has 1 N–H and O–H groups in total. The number of hydrogen-bond acceptors (Lipinski definition) is 5. The van der Waals surface area contributed by atoms with E-state index in [9.17, 15) is 13.2 Å². The molecule has 0 fully saturated rings. The molecule has 0 heterocycles. The number of anilines is 1. The fourth-order valence-electron chi connectivity index (χ4n) is 3.28. The summed E-state index contributed by atoms with van der Waals surface area (Å²) in [6, 6.07) is 19.3. The van der Waals surface area contributed by atoms with Gasteiger partial charge >= 0.3 is 0 Å². The minimum atomic E-state index is -3.58. The van der Waals surface area contributed by atoms with Gasteiger partial charge in [0, 0.05) is 5.56 Å². The smallest absolute Gasteiger partial charge is 0.251 e. The van der Waals surface area contributed by atoms with Crippen molar-refractivity contribution < 1.29 is 22.7 Å². The third kappa shape index (κ3) is 6.88. The SMILES string of the molecule is COc1ccc(N(Cc2ccc(C(=O)NCCOc3cccc(C)c3)cc2)S(C)(=O)=O)cc1Cl. The first kappa shape index (κ1) is 25.4. The van der Waals surface area contributed by atoms with Gasteiger partial charge in [0.2, 0.25) is 10.0 Å². The van der Waals surface area contributed by atoms with Crippen LogP contribution in [0.3, 0.4) is 0 Å². The van der Waals surface area contributed by atoms with E-state index in [-0.39, 0.29) is 12.5 Å². The Kier molecular flexibility index (Phi) is 8.41. The molecule has 0 saturated heterocycles. The maximum Gasteiger partial charge on any atom is 0.251 e. The molecule has 0 aliphatic carbocycles. The maximum atomic E-state index is 12.4. The van der Waals surface area contributed by atoms with Crippen LogP contribution in [0.2, 0.25) is 5.02 Å². The molecule has 0 spiro atoms. The lowest BCUT2D eigenvalue weighted by Gasteiger charge is -2.23. The van der Waals surface area contributed by atoms with Gasteiger partial charge in [-0.3, -0.25) is 9.10 Å². The minimum Gasteiger partial charge on any atom is -0.495 e. The number of nitrogens with zero attached hydrogens (tertiary/aromatic N) is 1. The van der Waals surface area contributed by atoms with Crippen LogP contribution in [0.15, 0.2) is 66.7 Å². The monoisotopic (exact) mass is 502 g/mol. The Balaban J connectivity index is 1.60. The molecule has 0 radical (unpaired) electrons. The Labute approximate surface area is 205 Å². The van der Waals surface area contributed by atoms with Gasteiger partial charge in [-0.15, -0.1) is 0 Å². The number of aryl methyl sites for hydroxylation is 1. The first-order valence-electron chi connectivity index (χ1n) is 10.6. The summed E-state index contributed by atoms with van der Waals surface area (Å²) >= 11 is 6.18. The number of benzene rings is 3. The molecule has 3 rings (SSSR count). The molecular formula is C25H27ClN2O5S. The maximum absolute atomic E-state index is 12.4. The van der Waals surface area contributed by atoms with E-state index < -0.39 is 10.0 Å². The van der Waals surface area contributed by atoms with Gasteiger partial charge < -0.3 is 14.8 Å². The Morgan fingerprint density at radius 3 is 2.41 bits per heavy atom.